The first-order valence-corrected chi connectivity index (χ1v) is 27.1. The first-order chi connectivity index (χ1) is 35.3. The second-order valence-electron chi connectivity index (χ2n) is 26.7. The van der Waals surface area contributed by atoms with Gasteiger partial charge in [-0.05, 0) is 144 Å². The van der Waals surface area contributed by atoms with Crippen LogP contribution < -0.4 is 26.2 Å². The SMILES string of the molecule is CC(C)(C)c1ccc(-c2nc3cc4c(cc3o2)N(c2cc(C(C)(C)C)cc(C(C)(C)C)c2)c2cc(-n3c5ccccc5c5ccccc53)cc3c2B4c2cc(C(C)(C)C)ccc2N3c2ccc(C(C)(C)C)cc2)cc1. The van der Waals surface area contributed by atoms with Crippen molar-refractivity contribution < 1.29 is 4.42 Å². The molecule has 0 bridgehead atoms. The number of anilines is 6. The number of oxazole rings is 1. The lowest BCUT2D eigenvalue weighted by Crippen LogP contribution is -2.61. The molecule has 2 aliphatic rings. The molecule has 0 atom stereocenters. The second-order valence-corrected chi connectivity index (χ2v) is 26.7. The number of hydrogen-bond acceptors (Lipinski definition) is 4. The zero-order chi connectivity index (χ0) is 52.9. The zero-order valence-corrected chi connectivity index (χ0v) is 46.8. The molecule has 5 nitrogen and oxygen atoms in total. The molecule has 10 aromatic rings. The third-order valence-electron chi connectivity index (χ3n) is 16.2. The fraction of sp³-hybridized carbons (Fsp3) is 0.290. The molecule has 2 aliphatic heterocycles. The molecular formula is C69H71BN4O. The number of hydrogen-bond donors (Lipinski definition) is 0. The first-order valence-electron chi connectivity index (χ1n) is 27.1. The Bertz CT molecular complexity index is 3830. The van der Waals surface area contributed by atoms with Crippen molar-refractivity contribution in [3.63, 3.8) is 0 Å². The Kier molecular flexibility index (Phi) is 10.8. The van der Waals surface area contributed by atoms with Crippen LogP contribution in [0, 0.1) is 0 Å². The van der Waals surface area contributed by atoms with E-state index in [0.29, 0.717) is 5.89 Å². The van der Waals surface area contributed by atoms with Gasteiger partial charge in [0.1, 0.15) is 5.52 Å². The molecular weight excluding hydrogens is 912 g/mol. The van der Waals surface area contributed by atoms with Crippen LogP contribution in [0.2, 0.25) is 0 Å². The highest BCUT2D eigenvalue weighted by Crippen LogP contribution is 2.49. The second kappa shape index (κ2) is 16.6. The van der Waals surface area contributed by atoms with Gasteiger partial charge in [-0.25, -0.2) is 4.98 Å². The van der Waals surface area contributed by atoms with Crippen molar-refractivity contribution in [3.8, 4) is 17.1 Å². The summed E-state index contributed by atoms with van der Waals surface area (Å²) in [7, 11) is 0. The predicted molar refractivity (Wildman–Crippen MR) is 321 cm³/mol. The van der Waals surface area contributed by atoms with Gasteiger partial charge in [0.2, 0.25) is 5.89 Å². The van der Waals surface area contributed by atoms with Crippen LogP contribution in [-0.4, -0.2) is 16.3 Å². The van der Waals surface area contributed by atoms with Crippen LogP contribution in [0.3, 0.4) is 0 Å². The third kappa shape index (κ3) is 8.10. The van der Waals surface area contributed by atoms with Gasteiger partial charge in [-0.2, -0.15) is 0 Å². The molecule has 0 N–H and O–H groups in total. The largest absolute Gasteiger partial charge is 0.436 e. The van der Waals surface area contributed by atoms with Crippen LogP contribution in [0.15, 0.2) is 162 Å². The molecule has 12 rings (SSSR count). The van der Waals surface area contributed by atoms with Crippen molar-refractivity contribution >= 4 is 90.1 Å². The van der Waals surface area contributed by atoms with Gasteiger partial charge < -0.3 is 18.8 Å². The molecule has 75 heavy (non-hydrogen) atoms. The van der Waals surface area contributed by atoms with Crippen molar-refractivity contribution in [3.05, 3.63) is 186 Å². The van der Waals surface area contributed by atoms with Crippen LogP contribution in [0.4, 0.5) is 34.1 Å². The molecule has 0 unspecified atom stereocenters. The van der Waals surface area contributed by atoms with E-state index in [-0.39, 0.29) is 33.8 Å². The van der Waals surface area contributed by atoms with Crippen molar-refractivity contribution in [1.29, 1.82) is 0 Å². The van der Waals surface area contributed by atoms with Crippen molar-refractivity contribution in [1.82, 2.24) is 9.55 Å². The highest BCUT2D eigenvalue weighted by molar-refractivity contribution is 7.00. The number of para-hydroxylation sites is 2. The molecule has 0 radical (unpaired) electrons. The molecule has 8 aromatic carbocycles. The summed E-state index contributed by atoms with van der Waals surface area (Å²) < 4.78 is 9.44. The average Bonchev–Trinajstić information content (AvgIpc) is 3.96. The van der Waals surface area contributed by atoms with E-state index in [1.54, 1.807) is 0 Å². The Morgan fingerprint density at radius 1 is 0.387 bits per heavy atom. The van der Waals surface area contributed by atoms with Gasteiger partial charge in [0, 0.05) is 56.5 Å². The molecule has 0 saturated heterocycles. The molecule has 0 amide bonds. The minimum Gasteiger partial charge on any atom is -0.436 e. The first kappa shape index (κ1) is 48.6. The number of benzene rings is 8. The lowest BCUT2D eigenvalue weighted by Gasteiger charge is -2.45. The maximum absolute atomic E-state index is 6.95. The highest BCUT2D eigenvalue weighted by atomic mass is 16.3. The van der Waals surface area contributed by atoms with E-state index in [2.05, 4.69) is 276 Å². The van der Waals surface area contributed by atoms with Crippen LogP contribution in [0.5, 0.6) is 0 Å². The maximum atomic E-state index is 6.95. The van der Waals surface area contributed by atoms with Gasteiger partial charge in [-0.1, -0.05) is 183 Å². The van der Waals surface area contributed by atoms with Gasteiger partial charge in [0.15, 0.2) is 5.58 Å². The van der Waals surface area contributed by atoms with E-state index < -0.39 is 0 Å². The number of rotatable bonds is 4. The minimum absolute atomic E-state index is 0.000563. The zero-order valence-electron chi connectivity index (χ0n) is 46.8. The lowest BCUT2D eigenvalue weighted by molar-refractivity contribution is 0.568. The van der Waals surface area contributed by atoms with Crippen molar-refractivity contribution in [2.45, 2.75) is 131 Å². The molecule has 0 fully saturated rings. The Morgan fingerprint density at radius 2 is 0.867 bits per heavy atom. The number of fused-ring (bicyclic) bond motifs is 8. The summed E-state index contributed by atoms with van der Waals surface area (Å²) in [5, 5.41) is 2.47. The quantitative estimate of drug-likeness (QED) is 0.165. The normalized spacial score (nSPS) is 14.0. The predicted octanol–water partition coefficient (Wildman–Crippen LogP) is 17.2. The summed E-state index contributed by atoms with van der Waals surface area (Å²) in [6.45, 7) is 34.5. The van der Waals surface area contributed by atoms with E-state index in [1.165, 1.54) is 71.7 Å². The Labute approximate surface area is 445 Å². The van der Waals surface area contributed by atoms with Gasteiger partial charge in [0.25, 0.3) is 6.71 Å². The molecule has 0 saturated carbocycles. The van der Waals surface area contributed by atoms with Crippen LogP contribution in [0.25, 0.3) is 50.0 Å². The summed E-state index contributed by atoms with van der Waals surface area (Å²) in [6, 6.07) is 60.1. The van der Waals surface area contributed by atoms with E-state index in [1.807, 2.05) is 0 Å². The van der Waals surface area contributed by atoms with Crippen LogP contribution in [-0.2, 0) is 27.1 Å². The van der Waals surface area contributed by atoms with Crippen LogP contribution in [0.1, 0.15) is 132 Å². The maximum Gasteiger partial charge on any atom is 0.252 e. The molecule has 6 heteroatoms. The summed E-state index contributed by atoms with van der Waals surface area (Å²) in [5.74, 6) is 0.625. The smallest absolute Gasteiger partial charge is 0.252 e. The summed E-state index contributed by atoms with van der Waals surface area (Å²) in [6.07, 6.45) is 0. The standard InChI is InChI=1S/C69H71BN4O/c1-65(2,3)43-26-24-42(25-27-43)64-71-55-40-54-59(41-62(55)75-64)74(49-35-46(68(10,11)12)34-47(36-49)69(13,14)15)61-39-50(73-56-22-18-16-20-51(56)52-21-17-19-23-57(52)73)38-60-63(61)70(54)53-37-45(67(7,8)9)30-33-58(53)72(60)48-31-28-44(29-32-48)66(4,5)6/h16-41H,1-15H3. The number of aromatic nitrogens is 2. The lowest BCUT2D eigenvalue weighted by atomic mass is 9.33. The summed E-state index contributed by atoms with van der Waals surface area (Å²) >= 11 is 0. The monoisotopic (exact) mass is 983 g/mol. The van der Waals surface area contributed by atoms with Crippen molar-refractivity contribution in [2.75, 3.05) is 9.80 Å². The Morgan fingerprint density at radius 3 is 1.40 bits per heavy atom. The third-order valence-corrected chi connectivity index (χ3v) is 16.2. The van der Waals surface area contributed by atoms with E-state index in [0.717, 1.165) is 50.8 Å². The molecule has 376 valence electrons. The van der Waals surface area contributed by atoms with Gasteiger partial charge >= 0.3 is 0 Å². The van der Waals surface area contributed by atoms with E-state index >= 15 is 0 Å². The Hall–Kier alpha value is -7.31. The molecule has 0 spiro atoms. The fourth-order valence-corrected chi connectivity index (χ4v) is 11.7. The molecule has 4 heterocycles. The summed E-state index contributed by atoms with van der Waals surface area (Å²) in [4.78, 5) is 10.5. The number of nitrogens with zero attached hydrogens (tertiary/aromatic N) is 4. The van der Waals surface area contributed by atoms with E-state index in [4.69, 9.17) is 9.40 Å². The fourth-order valence-electron chi connectivity index (χ4n) is 11.7. The summed E-state index contributed by atoms with van der Waals surface area (Å²) in [5.41, 5.74) is 22.8. The average molecular weight is 983 g/mol. The Balaban J connectivity index is 1.23. The van der Waals surface area contributed by atoms with Gasteiger partial charge in [0.05, 0.1) is 16.7 Å². The highest BCUT2D eigenvalue weighted by Gasteiger charge is 2.45. The van der Waals surface area contributed by atoms with Gasteiger partial charge in [-0.3, -0.25) is 0 Å². The minimum atomic E-state index is -0.139. The van der Waals surface area contributed by atoms with Gasteiger partial charge in [-0.15, -0.1) is 0 Å². The topological polar surface area (TPSA) is 37.4 Å². The van der Waals surface area contributed by atoms with Crippen molar-refractivity contribution in [2.24, 2.45) is 0 Å². The van der Waals surface area contributed by atoms with E-state index in [9.17, 15) is 0 Å². The molecule has 2 aromatic heterocycles. The van der Waals surface area contributed by atoms with Crippen LogP contribution >= 0.6 is 0 Å². The molecule has 0 aliphatic carbocycles.